The normalized spacial score (nSPS) is 14.6. The van der Waals surface area contributed by atoms with E-state index in [-0.39, 0.29) is 170 Å². The van der Waals surface area contributed by atoms with Gasteiger partial charge in [0.1, 0.15) is 188 Å². The largest absolute Gasteiger partial charge is 0.314 e. The Hall–Kier alpha value is -3.84. The molecule has 9 rings (SSSR count). The number of hydrogen-bond acceptors (Lipinski definition) is 1. The zero-order valence-electron chi connectivity index (χ0n) is 41.9. The maximum absolute atomic E-state index is 7.63. The molecule has 0 bridgehead atoms. The lowest BCUT2D eigenvalue weighted by molar-refractivity contribution is 0.303. The summed E-state index contributed by atoms with van der Waals surface area (Å²) in [6, 6.07) is 1.57. The molecule has 25 heteroatoms. The number of fused-ring (bicyclic) bond motifs is 7. The molecule has 0 aromatic heterocycles. The van der Waals surface area contributed by atoms with Crippen LogP contribution >= 0.6 is 0 Å². The fourth-order valence-corrected chi connectivity index (χ4v) is 11.9. The highest BCUT2D eigenvalue weighted by atomic mass is 15.2. The van der Waals surface area contributed by atoms with Gasteiger partial charge in [0.05, 0.1) is 0 Å². The van der Waals surface area contributed by atoms with E-state index in [9.17, 15) is 0 Å². The number of nitrogens with zero attached hydrogens (tertiary/aromatic N) is 1. The smallest absolute Gasteiger partial charge is 0.117 e. The van der Waals surface area contributed by atoms with Crippen LogP contribution in [-0.2, 0) is 16.2 Å². The van der Waals surface area contributed by atoms with Gasteiger partial charge in [-0.25, -0.2) is 0 Å². The van der Waals surface area contributed by atoms with Gasteiger partial charge in [0.25, 0.3) is 0 Å². The predicted octanol–water partition coefficient (Wildman–Crippen LogP) is -15.4. The lowest BCUT2D eigenvalue weighted by Crippen LogP contribution is -2.58. The summed E-state index contributed by atoms with van der Waals surface area (Å²) < 4.78 is 0. The van der Waals surface area contributed by atoms with Gasteiger partial charge in [-0.05, 0) is 83.3 Å². The first-order valence-corrected chi connectivity index (χ1v) is 22.9. The quantitative estimate of drug-likeness (QED) is 0.159. The molecular formula is C49H19B24N. The van der Waals surface area contributed by atoms with Gasteiger partial charge in [-0.2, -0.15) is 0 Å². The Labute approximate surface area is 468 Å². The van der Waals surface area contributed by atoms with Crippen LogP contribution < -0.4 is 136 Å². The highest BCUT2D eigenvalue weighted by Crippen LogP contribution is 2.53. The lowest BCUT2D eigenvalue weighted by Gasteiger charge is -2.52. The van der Waals surface area contributed by atoms with Crippen LogP contribution in [0.1, 0.15) is 63.8 Å². The van der Waals surface area contributed by atoms with Crippen LogP contribution in [0.2, 0.25) is 0 Å². The zero-order valence-corrected chi connectivity index (χ0v) is 41.9. The molecule has 48 radical (unpaired) electrons. The molecule has 0 amide bonds. The van der Waals surface area contributed by atoms with Crippen LogP contribution in [0.3, 0.4) is 0 Å². The van der Waals surface area contributed by atoms with Crippen molar-refractivity contribution in [1.82, 2.24) is 0 Å². The van der Waals surface area contributed by atoms with Crippen molar-refractivity contribution in [3.8, 4) is 33.4 Å². The van der Waals surface area contributed by atoms with Gasteiger partial charge in [-0.3, -0.25) is 0 Å². The standard InChI is InChI=1S/C49H19B24N/c1-47(2)18-12(23(52)14-15(24(18)53)28(57)37(66)36(65)27(14)56)13-19(47)34(63)45(42(71)26(13)55)74(46-43(72)31(60)17(32(61)44(46)73)16-29(58)38(67)41(70)39(68)30(16)59)9-7-8(50)10-11-21(33(62)40(69)35(64)25(11)54)49(5,6)48(3,4)20(10)22(9)51/h7H,1-6H3. The van der Waals surface area contributed by atoms with Gasteiger partial charge in [0.15, 0.2) is 0 Å². The van der Waals surface area contributed by atoms with Crippen molar-refractivity contribution in [2.45, 2.75) is 57.8 Å². The zero-order chi connectivity index (χ0) is 55.3. The molecule has 0 atom stereocenters. The van der Waals surface area contributed by atoms with E-state index in [2.05, 4.69) is 0 Å². The van der Waals surface area contributed by atoms with Crippen molar-refractivity contribution in [1.29, 1.82) is 0 Å². The van der Waals surface area contributed by atoms with E-state index in [1.165, 1.54) is 4.90 Å². The van der Waals surface area contributed by atoms with Crippen LogP contribution in [0.4, 0.5) is 17.1 Å². The highest BCUT2D eigenvalue weighted by Gasteiger charge is 2.49. The fourth-order valence-electron chi connectivity index (χ4n) is 11.9. The van der Waals surface area contributed by atoms with E-state index >= 15 is 0 Å². The van der Waals surface area contributed by atoms with E-state index in [0.29, 0.717) is 44.5 Å². The lowest BCUT2D eigenvalue weighted by atomic mass is 9.47. The van der Waals surface area contributed by atoms with E-state index in [1.54, 1.807) is 6.07 Å². The van der Waals surface area contributed by atoms with Crippen LogP contribution in [0.5, 0.6) is 0 Å². The Morgan fingerprint density at radius 3 is 1.01 bits per heavy atom. The Morgan fingerprint density at radius 2 is 0.554 bits per heavy atom. The van der Waals surface area contributed by atoms with Gasteiger partial charge < -0.3 is 4.90 Å². The minimum atomic E-state index is -1.15. The average molecular weight is 881 g/mol. The monoisotopic (exact) mass is 885 g/mol. The molecule has 0 saturated carbocycles. The molecule has 0 spiro atoms. The first kappa shape index (κ1) is 54.9. The molecule has 7 aromatic rings. The summed E-state index contributed by atoms with van der Waals surface area (Å²) in [6.45, 7) is 11.6. The van der Waals surface area contributed by atoms with Crippen molar-refractivity contribution >= 4 is 347 Å². The van der Waals surface area contributed by atoms with Crippen molar-refractivity contribution in [3.63, 3.8) is 0 Å². The fraction of sp³-hybridized carbons (Fsp3) is 0.184. The van der Waals surface area contributed by atoms with Gasteiger partial charge in [0, 0.05) is 22.5 Å². The molecule has 0 fully saturated rings. The molecule has 0 saturated heterocycles. The van der Waals surface area contributed by atoms with Gasteiger partial charge >= 0.3 is 0 Å². The van der Waals surface area contributed by atoms with Crippen LogP contribution in [0.15, 0.2) is 6.07 Å². The van der Waals surface area contributed by atoms with E-state index in [0.717, 1.165) is 0 Å². The summed E-state index contributed by atoms with van der Waals surface area (Å²) in [5, 5.41) is 0.539. The molecule has 0 heterocycles. The molecule has 74 heavy (non-hydrogen) atoms. The SMILES string of the molecule is [B]c1cc(N(c2c([B])c([B])c(-c3c([B])c([B])c([B])c([B])c3[B])c([B])c2[B])c2c([B])c([B])c3c(c2[B])C(C)(C)c2c-3c([B])c3c([B])c([B])c([B])c([B])c3c2[B])c([B])c2c1-c1c([B])c([B])c([B])c([B])c1C(C)(C)C2(C)C. The summed E-state index contributed by atoms with van der Waals surface area (Å²) in [6.07, 6.45) is 0. The second kappa shape index (κ2) is 17.6. The molecule has 0 aliphatic heterocycles. The highest BCUT2D eigenvalue weighted by molar-refractivity contribution is 6.73. The van der Waals surface area contributed by atoms with Crippen molar-refractivity contribution in [2.75, 3.05) is 4.90 Å². The van der Waals surface area contributed by atoms with Crippen molar-refractivity contribution in [2.24, 2.45) is 0 Å². The second-order valence-corrected chi connectivity index (χ2v) is 20.9. The van der Waals surface area contributed by atoms with Crippen LogP contribution in [0.25, 0.3) is 44.2 Å². The summed E-state index contributed by atoms with van der Waals surface area (Å²) in [7, 11) is 165. The third kappa shape index (κ3) is 6.77. The molecule has 0 unspecified atom stereocenters. The number of benzene rings is 7. The summed E-state index contributed by atoms with van der Waals surface area (Å²) in [4.78, 5) is 1.50. The summed E-state index contributed by atoms with van der Waals surface area (Å²) in [5.41, 5.74) is 0.624. The molecule has 2 aliphatic carbocycles. The predicted molar refractivity (Wildman–Crippen MR) is 342 cm³/mol. The van der Waals surface area contributed by atoms with Crippen molar-refractivity contribution in [3.05, 3.63) is 28.3 Å². The minimum Gasteiger partial charge on any atom is -0.314 e. The molecule has 0 N–H and O–H groups in total. The summed E-state index contributed by atoms with van der Waals surface area (Å²) in [5.74, 6) is 0. The topological polar surface area (TPSA) is 3.24 Å². The van der Waals surface area contributed by atoms with E-state index in [4.69, 9.17) is 188 Å². The number of rotatable bonds is 4. The number of hydrogen-bond donors (Lipinski definition) is 0. The Kier molecular flexibility index (Phi) is 13.1. The Morgan fingerprint density at radius 1 is 0.257 bits per heavy atom. The van der Waals surface area contributed by atoms with Gasteiger partial charge in [-0.15, -0.1) is 38.2 Å². The average Bonchev–Trinajstić information content (AvgIpc) is 3.59. The molecular weight excluding hydrogens is 862 g/mol. The molecule has 2 aliphatic rings. The first-order chi connectivity index (χ1) is 34.1. The maximum Gasteiger partial charge on any atom is 0.117 e. The van der Waals surface area contributed by atoms with Crippen molar-refractivity contribution < 1.29 is 0 Å². The molecule has 1 nitrogen and oxygen atoms in total. The van der Waals surface area contributed by atoms with Gasteiger partial charge in [0.2, 0.25) is 0 Å². The van der Waals surface area contributed by atoms with Crippen LogP contribution in [0, 0.1) is 0 Å². The minimum absolute atomic E-state index is 0.00130. The summed E-state index contributed by atoms with van der Waals surface area (Å²) >= 11 is 0. The first-order valence-electron chi connectivity index (χ1n) is 22.9. The number of anilines is 3. The van der Waals surface area contributed by atoms with Crippen LogP contribution in [-0.4, -0.2) is 188 Å². The third-order valence-electron chi connectivity index (χ3n) is 16.4. The second-order valence-electron chi connectivity index (χ2n) is 20.9. The molecule has 292 valence electrons. The Balaban J connectivity index is 1.48. The molecule has 7 aromatic carbocycles. The third-order valence-corrected chi connectivity index (χ3v) is 16.4. The van der Waals surface area contributed by atoms with E-state index < -0.39 is 16.2 Å². The van der Waals surface area contributed by atoms with E-state index in [1.807, 2.05) is 41.5 Å². The van der Waals surface area contributed by atoms with Gasteiger partial charge in [-0.1, -0.05) is 134 Å². The Bertz CT molecular complexity index is 3760. The maximum atomic E-state index is 7.63.